The molecule has 0 radical (unpaired) electrons. The molecular weight excluding hydrogens is 371 g/mol. The fraction of sp³-hybridized carbons (Fsp3) is 0.294. The lowest BCUT2D eigenvalue weighted by Crippen LogP contribution is -2.36. The molecule has 0 aliphatic rings. The van der Waals surface area contributed by atoms with Crippen LogP contribution in [0.25, 0.3) is 0 Å². The molecule has 0 atom stereocenters. The molecule has 0 amide bonds. The van der Waals surface area contributed by atoms with E-state index < -0.39 is 5.41 Å². The van der Waals surface area contributed by atoms with Crippen molar-refractivity contribution in [3.8, 4) is 0 Å². The Labute approximate surface area is 144 Å². The van der Waals surface area contributed by atoms with Gasteiger partial charge in [-0.25, -0.2) is 0 Å². The van der Waals surface area contributed by atoms with Crippen molar-refractivity contribution in [3.05, 3.63) is 70.2 Å². The fourth-order valence-electron chi connectivity index (χ4n) is 2.16. The third-order valence-corrected chi connectivity index (χ3v) is 5.16. The fourth-order valence-corrected chi connectivity index (χ4v) is 3.60. The monoisotopic (exact) mass is 386 g/mol. The van der Waals surface area contributed by atoms with E-state index in [1.807, 2.05) is 54.6 Å². The lowest BCUT2D eigenvalue weighted by atomic mass is 9.85. The summed E-state index contributed by atoms with van der Waals surface area (Å²) in [5, 5.41) is 0. The van der Waals surface area contributed by atoms with Gasteiger partial charge in [-0.2, -0.15) is 0 Å². The summed E-state index contributed by atoms with van der Waals surface area (Å²) in [5.41, 5.74) is 1.84. The van der Waals surface area contributed by atoms with Crippen LogP contribution in [0.15, 0.2) is 59.1 Å². The van der Waals surface area contributed by atoms with Gasteiger partial charge in [0.05, 0.1) is 13.2 Å². The Morgan fingerprint density at radius 2 is 1.52 bits per heavy atom. The highest BCUT2D eigenvalue weighted by molar-refractivity contribution is 9.10. The van der Waals surface area contributed by atoms with Crippen LogP contribution in [-0.2, 0) is 16.8 Å². The van der Waals surface area contributed by atoms with Gasteiger partial charge >= 0.3 is 0 Å². The molecule has 0 saturated carbocycles. The van der Waals surface area contributed by atoms with E-state index in [-0.39, 0.29) is 0 Å². The number of ether oxygens (including phenoxy) is 1. The van der Waals surface area contributed by atoms with Crippen LogP contribution >= 0.6 is 39.1 Å². The van der Waals surface area contributed by atoms with Crippen molar-refractivity contribution in [2.45, 2.75) is 12.0 Å². The number of hydrogen-bond acceptors (Lipinski definition) is 1. The second-order valence-corrected chi connectivity index (χ2v) is 6.39. The van der Waals surface area contributed by atoms with E-state index in [2.05, 4.69) is 15.9 Å². The summed E-state index contributed by atoms with van der Waals surface area (Å²) in [6, 6.07) is 18.1. The van der Waals surface area contributed by atoms with E-state index in [9.17, 15) is 0 Å². The summed E-state index contributed by atoms with van der Waals surface area (Å²) in [6.45, 7) is 1.04. The highest BCUT2D eigenvalue weighted by Gasteiger charge is 2.32. The molecule has 112 valence electrons. The molecule has 1 nitrogen and oxygen atoms in total. The molecule has 0 N–H and O–H groups in total. The topological polar surface area (TPSA) is 9.23 Å². The van der Waals surface area contributed by atoms with Gasteiger partial charge in [-0.05, 0) is 17.2 Å². The summed E-state index contributed by atoms with van der Waals surface area (Å²) < 4.78 is 6.90. The number of halogens is 3. The number of benzene rings is 2. The number of hydrogen-bond donors (Lipinski definition) is 0. The molecule has 0 heterocycles. The van der Waals surface area contributed by atoms with E-state index >= 15 is 0 Å². The zero-order valence-corrected chi connectivity index (χ0v) is 14.7. The predicted molar refractivity (Wildman–Crippen MR) is 93.4 cm³/mol. The first-order chi connectivity index (χ1) is 10.2. The summed E-state index contributed by atoms with van der Waals surface area (Å²) >= 11 is 16.0. The Balaban J connectivity index is 2.10. The van der Waals surface area contributed by atoms with Gasteiger partial charge in [0, 0.05) is 21.6 Å². The quantitative estimate of drug-likeness (QED) is 0.579. The molecule has 0 fully saturated rings. The van der Waals surface area contributed by atoms with Crippen molar-refractivity contribution < 1.29 is 4.74 Å². The van der Waals surface area contributed by atoms with Crippen LogP contribution in [0.4, 0.5) is 0 Å². The van der Waals surface area contributed by atoms with Crippen molar-refractivity contribution >= 4 is 39.1 Å². The molecule has 0 aromatic heterocycles. The van der Waals surface area contributed by atoms with E-state index in [4.69, 9.17) is 27.9 Å². The van der Waals surface area contributed by atoms with Gasteiger partial charge in [0.2, 0.25) is 0 Å². The molecule has 0 bridgehead atoms. The van der Waals surface area contributed by atoms with E-state index in [0.29, 0.717) is 25.0 Å². The highest BCUT2D eigenvalue weighted by atomic mass is 79.9. The second kappa shape index (κ2) is 8.19. The summed E-state index contributed by atoms with van der Waals surface area (Å²) in [6.07, 6.45) is 0. The van der Waals surface area contributed by atoms with Gasteiger partial charge in [0.15, 0.2) is 0 Å². The molecule has 0 saturated heterocycles. The summed E-state index contributed by atoms with van der Waals surface area (Å²) in [7, 11) is 0. The third kappa shape index (κ3) is 4.23. The average Bonchev–Trinajstić information content (AvgIpc) is 2.54. The van der Waals surface area contributed by atoms with Gasteiger partial charge in [-0.3, -0.25) is 0 Å². The van der Waals surface area contributed by atoms with Crippen LogP contribution in [-0.4, -0.2) is 18.4 Å². The van der Waals surface area contributed by atoms with Crippen LogP contribution in [0.5, 0.6) is 0 Å². The summed E-state index contributed by atoms with van der Waals surface area (Å²) in [5.74, 6) is 0.821. The lowest BCUT2D eigenvalue weighted by molar-refractivity contribution is 0.0844. The lowest BCUT2D eigenvalue weighted by Gasteiger charge is -2.31. The van der Waals surface area contributed by atoms with Crippen LogP contribution in [0.3, 0.4) is 0 Å². The van der Waals surface area contributed by atoms with Crippen molar-refractivity contribution in [2.24, 2.45) is 0 Å². The molecule has 2 aromatic carbocycles. The molecule has 2 rings (SSSR count). The molecule has 0 aliphatic carbocycles. The first kappa shape index (κ1) is 16.8. The van der Waals surface area contributed by atoms with Gasteiger partial charge < -0.3 is 4.74 Å². The summed E-state index contributed by atoms with van der Waals surface area (Å²) in [4.78, 5) is 0. The Kier molecular flexibility index (Phi) is 6.56. The SMILES string of the molecule is ClCC(CCl)(COCc1ccccc1)c1ccccc1Br. The maximum absolute atomic E-state index is 6.23. The van der Waals surface area contributed by atoms with Crippen molar-refractivity contribution in [2.75, 3.05) is 18.4 Å². The Bertz CT molecular complexity index is 556. The van der Waals surface area contributed by atoms with Gasteiger partial charge in [0.25, 0.3) is 0 Å². The second-order valence-electron chi connectivity index (χ2n) is 5.01. The Hall–Kier alpha value is -0.540. The molecular formula is C17H17BrCl2O. The van der Waals surface area contributed by atoms with Crippen molar-refractivity contribution in [3.63, 3.8) is 0 Å². The number of alkyl halides is 2. The van der Waals surface area contributed by atoms with Crippen LogP contribution in [0, 0.1) is 0 Å². The minimum atomic E-state index is -0.391. The smallest absolute Gasteiger partial charge is 0.0717 e. The van der Waals surface area contributed by atoms with E-state index in [1.165, 1.54) is 0 Å². The normalized spacial score (nSPS) is 11.6. The minimum Gasteiger partial charge on any atom is -0.376 e. The number of rotatable bonds is 7. The van der Waals surface area contributed by atoms with Crippen LogP contribution in [0.1, 0.15) is 11.1 Å². The van der Waals surface area contributed by atoms with Crippen LogP contribution < -0.4 is 0 Å². The van der Waals surface area contributed by atoms with E-state index in [0.717, 1.165) is 15.6 Å². The largest absolute Gasteiger partial charge is 0.376 e. The standard InChI is InChI=1S/C17H17BrCl2O/c18-16-9-5-4-8-15(16)17(11-19,12-20)13-21-10-14-6-2-1-3-7-14/h1-9H,10-13H2. The zero-order valence-electron chi connectivity index (χ0n) is 11.6. The first-order valence-electron chi connectivity index (χ1n) is 6.70. The van der Waals surface area contributed by atoms with E-state index in [1.54, 1.807) is 0 Å². The predicted octanol–water partition coefficient (Wildman–Crippen LogP) is 5.38. The third-order valence-electron chi connectivity index (χ3n) is 3.45. The van der Waals surface area contributed by atoms with Gasteiger partial charge in [0.1, 0.15) is 0 Å². The Morgan fingerprint density at radius 3 is 2.14 bits per heavy atom. The zero-order chi connectivity index (χ0) is 15.1. The maximum atomic E-state index is 6.23. The first-order valence-corrected chi connectivity index (χ1v) is 8.57. The van der Waals surface area contributed by atoms with Crippen molar-refractivity contribution in [1.82, 2.24) is 0 Å². The molecule has 2 aromatic rings. The molecule has 21 heavy (non-hydrogen) atoms. The molecule has 0 aliphatic heterocycles. The maximum Gasteiger partial charge on any atom is 0.0717 e. The molecule has 0 spiro atoms. The average molecular weight is 388 g/mol. The van der Waals surface area contributed by atoms with Crippen LogP contribution in [0.2, 0.25) is 0 Å². The highest BCUT2D eigenvalue weighted by Crippen LogP contribution is 2.33. The molecule has 0 unspecified atom stereocenters. The van der Waals surface area contributed by atoms with Gasteiger partial charge in [-0.1, -0.05) is 64.5 Å². The minimum absolute atomic E-state index is 0.391. The van der Waals surface area contributed by atoms with Gasteiger partial charge in [-0.15, -0.1) is 23.2 Å². The van der Waals surface area contributed by atoms with Crippen molar-refractivity contribution in [1.29, 1.82) is 0 Å². The Morgan fingerprint density at radius 1 is 0.905 bits per heavy atom. The molecule has 4 heteroatoms.